The molecule has 5 unspecified atom stereocenters. The van der Waals surface area contributed by atoms with Crippen LogP contribution in [0.15, 0.2) is 30.3 Å². The van der Waals surface area contributed by atoms with Gasteiger partial charge in [-0.3, -0.25) is 19.2 Å². The summed E-state index contributed by atoms with van der Waals surface area (Å²) in [4.78, 5) is 60.6. The molecule has 1 rings (SSSR count). The molecule has 12 heteroatoms. The standard InChI is InChI=1S/C23H34N4O8/c1-12(2)19(22(33)25-15(23(34)35)9-10-17(29)30)27-20(31)16(11-14-7-5-4-6-8-14)26-21(32)18(24)13(3)28/h4-8,12-13,15-16,18-19,28H,9-11,24H2,1-3H3,(H,25,33)(H,26,32)(H,27,31)(H,29,30)(H,34,35). The largest absolute Gasteiger partial charge is 0.481 e. The van der Waals surface area contributed by atoms with E-state index >= 15 is 0 Å². The lowest BCUT2D eigenvalue weighted by Gasteiger charge is -2.27. The predicted molar refractivity (Wildman–Crippen MR) is 125 cm³/mol. The number of amides is 3. The number of carbonyl (C=O) groups excluding carboxylic acids is 3. The fraction of sp³-hybridized carbons (Fsp3) is 0.522. The monoisotopic (exact) mass is 494 g/mol. The van der Waals surface area contributed by atoms with Gasteiger partial charge >= 0.3 is 11.9 Å². The molecule has 0 fully saturated rings. The topological polar surface area (TPSA) is 208 Å². The Morgan fingerprint density at radius 3 is 1.91 bits per heavy atom. The Morgan fingerprint density at radius 2 is 1.43 bits per heavy atom. The third kappa shape index (κ3) is 10.1. The zero-order chi connectivity index (χ0) is 26.7. The van der Waals surface area contributed by atoms with E-state index in [-0.39, 0.29) is 12.8 Å². The Labute approximate surface area is 203 Å². The fourth-order valence-electron chi connectivity index (χ4n) is 3.12. The van der Waals surface area contributed by atoms with E-state index in [0.29, 0.717) is 5.56 Å². The van der Waals surface area contributed by atoms with Crippen LogP contribution in [0.3, 0.4) is 0 Å². The summed E-state index contributed by atoms with van der Waals surface area (Å²) in [7, 11) is 0. The highest BCUT2D eigenvalue weighted by molar-refractivity contribution is 5.94. The van der Waals surface area contributed by atoms with Crippen molar-refractivity contribution in [1.29, 1.82) is 0 Å². The first-order valence-corrected chi connectivity index (χ1v) is 11.2. The highest BCUT2D eigenvalue weighted by Gasteiger charge is 2.32. The van der Waals surface area contributed by atoms with E-state index in [4.69, 9.17) is 10.8 Å². The first kappa shape index (κ1) is 29.5. The number of aliphatic hydroxyl groups excluding tert-OH is 1. The molecule has 0 saturated heterocycles. The molecule has 3 amide bonds. The number of carboxylic acids is 2. The van der Waals surface area contributed by atoms with Crippen molar-refractivity contribution in [3.63, 3.8) is 0 Å². The van der Waals surface area contributed by atoms with Gasteiger partial charge in [-0.05, 0) is 24.8 Å². The lowest BCUT2D eigenvalue weighted by molar-refractivity contribution is -0.143. The minimum Gasteiger partial charge on any atom is -0.481 e. The second-order valence-corrected chi connectivity index (χ2v) is 8.58. The van der Waals surface area contributed by atoms with Gasteiger partial charge in [0.2, 0.25) is 17.7 Å². The van der Waals surface area contributed by atoms with Gasteiger partial charge in [-0.2, -0.15) is 0 Å². The Bertz CT molecular complexity index is 891. The number of rotatable bonds is 14. The van der Waals surface area contributed by atoms with Gasteiger partial charge in [-0.15, -0.1) is 0 Å². The maximum Gasteiger partial charge on any atom is 0.326 e. The van der Waals surface area contributed by atoms with Crippen molar-refractivity contribution in [1.82, 2.24) is 16.0 Å². The average Bonchev–Trinajstić information content (AvgIpc) is 2.78. The van der Waals surface area contributed by atoms with E-state index in [1.807, 2.05) is 0 Å². The van der Waals surface area contributed by atoms with Gasteiger partial charge in [-0.25, -0.2) is 4.79 Å². The summed E-state index contributed by atoms with van der Waals surface area (Å²) in [6.07, 6.45) is -1.90. The first-order valence-electron chi connectivity index (χ1n) is 11.2. The molecule has 194 valence electrons. The van der Waals surface area contributed by atoms with Gasteiger partial charge in [-0.1, -0.05) is 44.2 Å². The van der Waals surface area contributed by atoms with Crippen LogP contribution in [0.2, 0.25) is 0 Å². The molecule has 8 N–H and O–H groups in total. The van der Waals surface area contributed by atoms with E-state index in [0.717, 1.165) is 0 Å². The number of hydrogen-bond acceptors (Lipinski definition) is 7. The summed E-state index contributed by atoms with van der Waals surface area (Å²) in [5.41, 5.74) is 6.39. The maximum atomic E-state index is 13.1. The Balaban J connectivity index is 3.05. The number of aliphatic carboxylic acids is 2. The summed E-state index contributed by atoms with van der Waals surface area (Å²) >= 11 is 0. The number of carboxylic acid groups (broad SMARTS) is 2. The molecule has 0 bridgehead atoms. The highest BCUT2D eigenvalue weighted by Crippen LogP contribution is 2.08. The Kier molecular flexibility index (Phi) is 11.8. The predicted octanol–water partition coefficient (Wildman–Crippen LogP) is -1.00. The molecule has 0 radical (unpaired) electrons. The van der Waals surface area contributed by atoms with Crippen molar-refractivity contribution in [2.24, 2.45) is 11.7 Å². The fourth-order valence-corrected chi connectivity index (χ4v) is 3.12. The third-order valence-corrected chi connectivity index (χ3v) is 5.25. The van der Waals surface area contributed by atoms with Gasteiger partial charge in [0.05, 0.1) is 6.10 Å². The molecule has 0 heterocycles. The number of aliphatic hydroxyl groups is 1. The molecule has 1 aromatic carbocycles. The molecule has 5 atom stereocenters. The molecule has 0 aliphatic carbocycles. The van der Waals surface area contributed by atoms with Crippen LogP contribution in [0.25, 0.3) is 0 Å². The molecule has 0 spiro atoms. The zero-order valence-electron chi connectivity index (χ0n) is 19.9. The summed E-state index contributed by atoms with van der Waals surface area (Å²) in [5, 5.41) is 35.0. The van der Waals surface area contributed by atoms with Crippen molar-refractivity contribution in [2.45, 2.75) is 70.3 Å². The van der Waals surface area contributed by atoms with Gasteiger partial charge in [0.1, 0.15) is 24.2 Å². The van der Waals surface area contributed by atoms with E-state index in [1.165, 1.54) is 6.92 Å². The van der Waals surface area contributed by atoms with Crippen molar-refractivity contribution in [3.8, 4) is 0 Å². The molecule has 35 heavy (non-hydrogen) atoms. The smallest absolute Gasteiger partial charge is 0.326 e. The normalized spacial score (nSPS) is 15.3. The highest BCUT2D eigenvalue weighted by atomic mass is 16.4. The Morgan fingerprint density at radius 1 is 0.857 bits per heavy atom. The number of nitrogens with two attached hydrogens (primary N) is 1. The van der Waals surface area contributed by atoms with Crippen molar-refractivity contribution >= 4 is 29.7 Å². The van der Waals surface area contributed by atoms with Crippen LogP contribution in [0.5, 0.6) is 0 Å². The van der Waals surface area contributed by atoms with Crippen molar-refractivity contribution in [2.75, 3.05) is 0 Å². The lowest BCUT2D eigenvalue weighted by Crippen LogP contribution is -2.59. The van der Waals surface area contributed by atoms with Crippen LogP contribution >= 0.6 is 0 Å². The van der Waals surface area contributed by atoms with Gasteiger partial charge in [0.25, 0.3) is 0 Å². The summed E-state index contributed by atoms with van der Waals surface area (Å²) in [5.74, 6) is -5.38. The maximum absolute atomic E-state index is 13.1. The second kappa shape index (κ2) is 14.0. The van der Waals surface area contributed by atoms with Crippen LogP contribution in [0, 0.1) is 5.92 Å². The lowest BCUT2D eigenvalue weighted by atomic mass is 10.00. The Hall–Kier alpha value is -3.51. The first-order chi connectivity index (χ1) is 16.3. The van der Waals surface area contributed by atoms with Crippen molar-refractivity contribution in [3.05, 3.63) is 35.9 Å². The quantitative estimate of drug-likeness (QED) is 0.169. The van der Waals surface area contributed by atoms with E-state index < -0.39 is 72.3 Å². The van der Waals surface area contributed by atoms with Gasteiger partial charge in [0, 0.05) is 12.8 Å². The summed E-state index contributed by atoms with van der Waals surface area (Å²) in [6.45, 7) is 4.59. The molecule has 0 aliphatic rings. The van der Waals surface area contributed by atoms with Crippen LogP contribution < -0.4 is 21.7 Å². The molecular formula is C23H34N4O8. The third-order valence-electron chi connectivity index (χ3n) is 5.25. The molecule has 0 saturated carbocycles. The van der Waals surface area contributed by atoms with E-state index in [9.17, 15) is 34.2 Å². The van der Waals surface area contributed by atoms with E-state index in [2.05, 4.69) is 16.0 Å². The molecule has 12 nitrogen and oxygen atoms in total. The average molecular weight is 495 g/mol. The molecular weight excluding hydrogens is 460 g/mol. The molecule has 0 aromatic heterocycles. The van der Waals surface area contributed by atoms with E-state index in [1.54, 1.807) is 44.2 Å². The van der Waals surface area contributed by atoms with Gasteiger partial charge in [0.15, 0.2) is 0 Å². The van der Waals surface area contributed by atoms with Crippen molar-refractivity contribution < 1.29 is 39.3 Å². The van der Waals surface area contributed by atoms with Crippen LogP contribution in [-0.4, -0.2) is 75.3 Å². The van der Waals surface area contributed by atoms with Crippen LogP contribution in [0.1, 0.15) is 39.2 Å². The second-order valence-electron chi connectivity index (χ2n) is 8.58. The minimum absolute atomic E-state index is 0.0632. The molecule has 1 aromatic rings. The van der Waals surface area contributed by atoms with Gasteiger partial charge < -0.3 is 37.0 Å². The van der Waals surface area contributed by atoms with Crippen LogP contribution in [-0.2, 0) is 30.4 Å². The zero-order valence-corrected chi connectivity index (χ0v) is 19.9. The number of carbonyl (C=O) groups is 5. The summed E-state index contributed by atoms with van der Waals surface area (Å²) in [6, 6.07) is 3.71. The number of nitrogens with one attached hydrogen (secondary N) is 3. The summed E-state index contributed by atoms with van der Waals surface area (Å²) < 4.78 is 0. The minimum atomic E-state index is -1.46. The molecule has 0 aliphatic heterocycles. The SMILES string of the molecule is CC(C)C(NC(=O)C(Cc1ccccc1)NC(=O)C(N)C(C)O)C(=O)NC(CCC(=O)O)C(=O)O. The number of hydrogen-bond donors (Lipinski definition) is 7. The van der Waals surface area contributed by atoms with Crippen LogP contribution in [0.4, 0.5) is 0 Å². The number of benzene rings is 1.